The summed E-state index contributed by atoms with van der Waals surface area (Å²) >= 11 is 0. The highest BCUT2D eigenvalue weighted by molar-refractivity contribution is 5.97. The lowest BCUT2D eigenvalue weighted by Gasteiger charge is -2.31. The molecule has 3 heterocycles. The van der Waals surface area contributed by atoms with E-state index in [4.69, 9.17) is 4.74 Å². The maximum absolute atomic E-state index is 15.1. The van der Waals surface area contributed by atoms with Gasteiger partial charge in [-0.2, -0.15) is 0 Å². The molecule has 8 heteroatoms. The van der Waals surface area contributed by atoms with Crippen molar-refractivity contribution in [3.8, 4) is 5.75 Å². The van der Waals surface area contributed by atoms with Gasteiger partial charge in [0.1, 0.15) is 17.9 Å². The van der Waals surface area contributed by atoms with Crippen LogP contribution in [0.3, 0.4) is 0 Å². The number of halogens is 1. The Morgan fingerprint density at radius 2 is 2.18 bits per heavy atom. The number of nitrogens with zero attached hydrogens (tertiary/aromatic N) is 2. The van der Waals surface area contributed by atoms with Gasteiger partial charge in [-0.05, 0) is 45.4 Å². The quantitative estimate of drug-likeness (QED) is 0.834. The van der Waals surface area contributed by atoms with Crippen molar-refractivity contribution in [3.05, 3.63) is 33.9 Å². The number of nitrogens with one attached hydrogen (secondary N) is 1. The second-order valence-electron chi connectivity index (χ2n) is 7.74. The molecule has 2 aliphatic heterocycles. The molecule has 0 unspecified atom stereocenters. The topological polar surface area (TPSA) is 83.8 Å². The maximum Gasteiger partial charge on any atom is 0.341 e. The van der Waals surface area contributed by atoms with Gasteiger partial charge in [-0.15, -0.1) is 0 Å². The maximum atomic E-state index is 15.1. The number of hydrogen-bond acceptors (Lipinski definition) is 5. The highest BCUT2D eigenvalue weighted by Crippen LogP contribution is 2.43. The largest absolute Gasteiger partial charge is 0.487 e. The van der Waals surface area contributed by atoms with Gasteiger partial charge in [-0.25, -0.2) is 9.18 Å². The van der Waals surface area contributed by atoms with Crippen LogP contribution >= 0.6 is 0 Å². The third kappa shape index (κ3) is 2.74. The summed E-state index contributed by atoms with van der Waals surface area (Å²) in [4.78, 5) is 26.2. The lowest BCUT2D eigenvalue weighted by Crippen LogP contribution is -2.35. The molecule has 150 valence electrons. The standard InChI is InChI=1S/C20H24FN3O4/c1-10-9-28-18-16-13(6-14(20(26)27)19(25)24(10)16)7-15(21)17(18)23-5-4-12(8-23)11(2)22-3/h6-7,10-12,22H,4-5,8-9H2,1-3H3,(H,26,27)/t10-,11-,12+/m0/s1. The molecule has 3 atom stereocenters. The van der Waals surface area contributed by atoms with E-state index < -0.39 is 17.3 Å². The summed E-state index contributed by atoms with van der Waals surface area (Å²) in [5, 5.41) is 13.0. The molecule has 28 heavy (non-hydrogen) atoms. The molecule has 2 aromatic rings. The van der Waals surface area contributed by atoms with Crippen LogP contribution in [0.5, 0.6) is 5.75 Å². The van der Waals surface area contributed by atoms with Crippen LogP contribution < -0.4 is 20.5 Å². The van der Waals surface area contributed by atoms with E-state index in [2.05, 4.69) is 12.2 Å². The van der Waals surface area contributed by atoms with Crippen molar-refractivity contribution in [2.24, 2.45) is 5.92 Å². The minimum atomic E-state index is -1.32. The van der Waals surface area contributed by atoms with Crippen LogP contribution in [0.15, 0.2) is 16.9 Å². The van der Waals surface area contributed by atoms with Crippen LogP contribution in [0.25, 0.3) is 10.9 Å². The van der Waals surface area contributed by atoms with Gasteiger partial charge in [-0.1, -0.05) is 0 Å². The molecular weight excluding hydrogens is 365 g/mol. The number of pyridine rings is 1. The second-order valence-corrected chi connectivity index (χ2v) is 7.74. The number of carboxylic acid groups (broad SMARTS) is 1. The first-order valence-corrected chi connectivity index (χ1v) is 9.53. The number of carboxylic acids is 1. The van der Waals surface area contributed by atoms with Gasteiger partial charge < -0.3 is 20.1 Å². The lowest BCUT2D eigenvalue weighted by atomic mass is 10.0. The molecule has 4 rings (SSSR count). The zero-order valence-corrected chi connectivity index (χ0v) is 16.2. The van der Waals surface area contributed by atoms with Crippen molar-refractivity contribution >= 4 is 22.6 Å². The molecule has 7 nitrogen and oxygen atoms in total. The molecule has 0 radical (unpaired) electrons. The van der Waals surface area contributed by atoms with E-state index in [9.17, 15) is 14.7 Å². The predicted octanol–water partition coefficient (Wildman–Crippen LogP) is 2.23. The smallest absolute Gasteiger partial charge is 0.341 e. The summed E-state index contributed by atoms with van der Waals surface area (Å²) < 4.78 is 22.5. The van der Waals surface area contributed by atoms with Crippen molar-refractivity contribution in [2.45, 2.75) is 32.4 Å². The van der Waals surface area contributed by atoms with E-state index in [1.54, 1.807) is 6.92 Å². The number of ether oxygens (including phenoxy) is 1. The number of aromatic nitrogens is 1. The van der Waals surface area contributed by atoms with Gasteiger partial charge in [0, 0.05) is 24.5 Å². The fourth-order valence-corrected chi connectivity index (χ4v) is 4.35. The van der Waals surface area contributed by atoms with E-state index in [-0.39, 0.29) is 18.2 Å². The molecule has 0 saturated carbocycles. The molecule has 0 bridgehead atoms. The summed E-state index contributed by atoms with van der Waals surface area (Å²) in [5.74, 6) is -1.06. The van der Waals surface area contributed by atoms with Crippen molar-refractivity contribution < 1.29 is 19.0 Å². The number of aromatic carboxylic acids is 1. The average molecular weight is 389 g/mol. The molecule has 0 spiro atoms. The molecule has 1 saturated heterocycles. The van der Waals surface area contributed by atoms with E-state index in [0.29, 0.717) is 47.4 Å². The molecule has 2 N–H and O–H groups in total. The number of benzene rings is 1. The number of carbonyl (C=O) groups is 1. The summed E-state index contributed by atoms with van der Waals surface area (Å²) in [6.07, 6.45) is 0.931. The van der Waals surface area contributed by atoms with Crippen LogP contribution in [0, 0.1) is 11.7 Å². The normalized spacial score (nSPS) is 22.4. The third-order valence-electron chi connectivity index (χ3n) is 6.05. The molecule has 1 aromatic carbocycles. The molecule has 0 amide bonds. The molecule has 0 aliphatic carbocycles. The van der Waals surface area contributed by atoms with E-state index >= 15 is 4.39 Å². The minimum absolute atomic E-state index is 0.186. The van der Waals surface area contributed by atoms with Gasteiger partial charge in [0.25, 0.3) is 5.56 Å². The Bertz CT molecular complexity index is 1020. The first kappa shape index (κ1) is 18.7. The average Bonchev–Trinajstić information content (AvgIpc) is 3.14. The number of hydrogen-bond donors (Lipinski definition) is 2. The highest BCUT2D eigenvalue weighted by atomic mass is 19.1. The minimum Gasteiger partial charge on any atom is -0.487 e. The van der Waals surface area contributed by atoms with E-state index in [1.807, 2.05) is 11.9 Å². The summed E-state index contributed by atoms with van der Waals surface area (Å²) in [6, 6.07) is 2.52. The monoisotopic (exact) mass is 389 g/mol. The van der Waals surface area contributed by atoms with Crippen LogP contribution in [0.1, 0.15) is 36.7 Å². The van der Waals surface area contributed by atoms with Gasteiger partial charge in [0.15, 0.2) is 11.6 Å². The Hall–Kier alpha value is -2.61. The number of rotatable bonds is 4. The van der Waals surface area contributed by atoms with Crippen LogP contribution in [-0.4, -0.2) is 48.4 Å². The van der Waals surface area contributed by atoms with Gasteiger partial charge >= 0.3 is 5.97 Å². The van der Waals surface area contributed by atoms with Crippen LogP contribution in [0.4, 0.5) is 10.1 Å². The van der Waals surface area contributed by atoms with Gasteiger partial charge in [0.2, 0.25) is 0 Å². The Balaban J connectivity index is 1.92. The Morgan fingerprint density at radius 3 is 2.86 bits per heavy atom. The molecule has 2 aliphatic rings. The van der Waals surface area contributed by atoms with E-state index in [0.717, 1.165) is 6.42 Å². The molecular formula is C20H24FN3O4. The fraction of sp³-hybridized carbons (Fsp3) is 0.500. The summed E-state index contributed by atoms with van der Waals surface area (Å²) in [5.41, 5.74) is -0.113. The van der Waals surface area contributed by atoms with Crippen molar-refractivity contribution in [2.75, 3.05) is 31.6 Å². The Labute approximate surface area is 161 Å². The van der Waals surface area contributed by atoms with Gasteiger partial charge in [-0.3, -0.25) is 9.36 Å². The van der Waals surface area contributed by atoms with Crippen molar-refractivity contribution in [3.63, 3.8) is 0 Å². The van der Waals surface area contributed by atoms with E-state index in [1.165, 1.54) is 16.7 Å². The first-order chi connectivity index (χ1) is 13.3. The predicted molar refractivity (Wildman–Crippen MR) is 104 cm³/mol. The fourth-order valence-electron chi connectivity index (χ4n) is 4.35. The zero-order chi connectivity index (χ0) is 20.2. The van der Waals surface area contributed by atoms with Crippen LogP contribution in [0.2, 0.25) is 0 Å². The van der Waals surface area contributed by atoms with Crippen molar-refractivity contribution in [1.82, 2.24) is 9.88 Å². The SMILES string of the molecule is CN[C@@H](C)[C@@H]1CCN(c2c(F)cc3cc(C(=O)O)c(=O)n4c3c2OC[C@@H]4C)C1. The highest BCUT2D eigenvalue weighted by Gasteiger charge is 2.34. The zero-order valence-electron chi connectivity index (χ0n) is 16.2. The molecule has 1 fully saturated rings. The summed E-state index contributed by atoms with van der Waals surface area (Å²) in [6.45, 7) is 5.47. The van der Waals surface area contributed by atoms with Gasteiger partial charge in [0.05, 0.1) is 11.6 Å². The molecule has 1 aromatic heterocycles. The van der Waals surface area contributed by atoms with Crippen LogP contribution in [-0.2, 0) is 0 Å². The first-order valence-electron chi connectivity index (χ1n) is 9.53. The number of anilines is 1. The second kappa shape index (κ2) is 6.77. The van der Waals surface area contributed by atoms with Crippen molar-refractivity contribution in [1.29, 1.82) is 0 Å². The third-order valence-corrected chi connectivity index (χ3v) is 6.05. The lowest BCUT2D eigenvalue weighted by molar-refractivity contribution is 0.0694. The Morgan fingerprint density at radius 1 is 1.43 bits per heavy atom. The Kier molecular flexibility index (Phi) is 4.53. The summed E-state index contributed by atoms with van der Waals surface area (Å²) in [7, 11) is 1.91.